The number of halogens is 3. The van der Waals surface area contributed by atoms with Crippen LogP contribution in [0.4, 0.5) is 18.3 Å². The lowest BCUT2D eigenvalue weighted by Crippen LogP contribution is -2.04. The molecule has 1 aromatic carbocycles. The van der Waals surface area contributed by atoms with Crippen LogP contribution in [0.25, 0.3) is 10.2 Å². The number of fused-ring (bicyclic) bond motifs is 1. The number of nitrogens with zero attached hydrogens (tertiary/aromatic N) is 1. The Morgan fingerprint density at radius 2 is 2.12 bits per heavy atom. The lowest BCUT2D eigenvalue weighted by molar-refractivity contribution is -0.137. The van der Waals surface area contributed by atoms with Gasteiger partial charge in [0, 0.05) is 6.92 Å². The molecule has 0 unspecified atom stereocenters. The van der Waals surface area contributed by atoms with Gasteiger partial charge in [-0.05, 0) is 18.2 Å². The zero-order chi connectivity index (χ0) is 12.6. The molecule has 3 nitrogen and oxygen atoms in total. The maximum Gasteiger partial charge on any atom is 0.416 e. The molecule has 0 aliphatic heterocycles. The van der Waals surface area contributed by atoms with Gasteiger partial charge in [-0.15, -0.1) is 0 Å². The third-order valence-electron chi connectivity index (χ3n) is 2.00. The van der Waals surface area contributed by atoms with E-state index in [2.05, 4.69) is 10.3 Å². The Morgan fingerprint density at radius 1 is 1.41 bits per heavy atom. The Labute approximate surface area is 98.3 Å². The molecular formula is C10H7F3N2OS. The van der Waals surface area contributed by atoms with Crippen LogP contribution in [0, 0.1) is 0 Å². The van der Waals surface area contributed by atoms with Crippen molar-refractivity contribution in [3.8, 4) is 0 Å². The number of benzene rings is 1. The zero-order valence-electron chi connectivity index (χ0n) is 8.63. The number of hydrogen-bond acceptors (Lipinski definition) is 3. The van der Waals surface area contributed by atoms with Crippen LogP contribution in [-0.2, 0) is 11.0 Å². The molecule has 1 heterocycles. The van der Waals surface area contributed by atoms with Gasteiger partial charge in [0.15, 0.2) is 5.13 Å². The molecule has 17 heavy (non-hydrogen) atoms. The Balaban J connectivity index is 2.44. The van der Waals surface area contributed by atoms with Crippen LogP contribution in [0.15, 0.2) is 18.2 Å². The Bertz CT molecular complexity index is 576. The number of rotatable bonds is 1. The highest BCUT2D eigenvalue weighted by Crippen LogP contribution is 2.34. The average Bonchev–Trinajstić information content (AvgIpc) is 2.55. The molecule has 1 N–H and O–H groups in total. The van der Waals surface area contributed by atoms with Gasteiger partial charge in [0.1, 0.15) is 0 Å². The number of carbonyl (C=O) groups excluding carboxylic acids is 1. The van der Waals surface area contributed by atoms with Crippen molar-refractivity contribution in [2.45, 2.75) is 13.1 Å². The summed E-state index contributed by atoms with van der Waals surface area (Å²) in [5.74, 6) is -0.305. The van der Waals surface area contributed by atoms with Crippen LogP contribution in [0.5, 0.6) is 0 Å². The van der Waals surface area contributed by atoms with Crippen molar-refractivity contribution in [1.82, 2.24) is 4.98 Å². The predicted molar refractivity (Wildman–Crippen MR) is 58.9 cm³/mol. The first-order valence-corrected chi connectivity index (χ1v) is 5.43. The largest absolute Gasteiger partial charge is 0.416 e. The Hall–Kier alpha value is -1.63. The van der Waals surface area contributed by atoms with E-state index < -0.39 is 11.7 Å². The van der Waals surface area contributed by atoms with Gasteiger partial charge in [-0.2, -0.15) is 13.2 Å². The first kappa shape index (κ1) is 11.8. The second-order valence-corrected chi connectivity index (χ2v) is 4.41. The molecule has 0 fully saturated rings. The second kappa shape index (κ2) is 3.99. The third-order valence-corrected chi connectivity index (χ3v) is 2.93. The highest BCUT2D eigenvalue weighted by molar-refractivity contribution is 7.22. The maximum absolute atomic E-state index is 12.4. The molecule has 2 aromatic rings. The van der Waals surface area contributed by atoms with Crippen molar-refractivity contribution < 1.29 is 18.0 Å². The van der Waals surface area contributed by atoms with Crippen molar-refractivity contribution in [2.75, 3.05) is 5.32 Å². The van der Waals surface area contributed by atoms with Gasteiger partial charge >= 0.3 is 6.18 Å². The lowest BCUT2D eigenvalue weighted by Gasteiger charge is -2.04. The summed E-state index contributed by atoms with van der Waals surface area (Å²) in [6.07, 6.45) is -4.37. The van der Waals surface area contributed by atoms with Crippen molar-refractivity contribution in [3.63, 3.8) is 0 Å². The van der Waals surface area contributed by atoms with Gasteiger partial charge in [-0.25, -0.2) is 4.98 Å². The average molecular weight is 260 g/mol. The molecule has 0 saturated carbocycles. The quantitative estimate of drug-likeness (QED) is 0.855. The number of anilines is 1. The smallest absolute Gasteiger partial charge is 0.302 e. The summed E-state index contributed by atoms with van der Waals surface area (Å²) in [4.78, 5) is 14.8. The number of thiazole rings is 1. The lowest BCUT2D eigenvalue weighted by atomic mass is 10.2. The summed E-state index contributed by atoms with van der Waals surface area (Å²) in [7, 11) is 0. The minimum Gasteiger partial charge on any atom is -0.302 e. The Kier molecular flexibility index (Phi) is 2.78. The summed E-state index contributed by atoms with van der Waals surface area (Å²) in [5, 5.41) is 2.74. The summed E-state index contributed by atoms with van der Waals surface area (Å²) in [6, 6.07) is 3.29. The van der Waals surface area contributed by atoms with E-state index in [4.69, 9.17) is 0 Å². The minimum absolute atomic E-state index is 0.298. The molecule has 2 rings (SSSR count). The first-order chi connectivity index (χ1) is 7.86. The van der Waals surface area contributed by atoms with E-state index in [0.29, 0.717) is 15.3 Å². The predicted octanol–water partition coefficient (Wildman–Crippen LogP) is 3.27. The number of amides is 1. The molecule has 0 aliphatic carbocycles. The zero-order valence-corrected chi connectivity index (χ0v) is 9.45. The van der Waals surface area contributed by atoms with E-state index in [1.807, 2.05) is 0 Å². The molecule has 7 heteroatoms. The minimum atomic E-state index is -4.37. The summed E-state index contributed by atoms with van der Waals surface area (Å²) in [5.41, 5.74) is -0.283. The van der Waals surface area contributed by atoms with Crippen molar-refractivity contribution in [1.29, 1.82) is 0 Å². The molecule has 0 aliphatic rings. The van der Waals surface area contributed by atoms with Gasteiger partial charge in [0.2, 0.25) is 5.91 Å². The van der Waals surface area contributed by atoms with Gasteiger partial charge in [0.05, 0.1) is 15.8 Å². The summed E-state index contributed by atoms with van der Waals surface area (Å²) in [6.45, 7) is 1.31. The van der Waals surface area contributed by atoms with Gasteiger partial charge < -0.3 is 5.32 Å². The fourth-order valence-corrected chi connectivity index (χ4v) is 2.26. The van der Waals surface area contributed by atoms with Gasteiger partial charge in [-0.1, -0.05) is 11.3 Å². The van der Waals surface area contributed by atoms with Crippen LogP contribution >= 0.6 is 11.3 Å². The number of alkyl halides is 3. The highest BCUT2D eigenvalue weighted by atomic mass is 32.1. The summed E-state index contributed by atoms with van der Waals surface area (Å²) < 4.78 is 37.7. The van der Waals surface area contributed by atoms with Gasteiger partial charge in [0.25, 0.3) is 0 Å². The summed E-state index contributed by atoms with van der Waals surface area (Å²) >= 11 is 1.01. The van der Waals surface area contributed by atoms with Crippen LogP contribution in [0.3, 0.4) is 0 Å². The van der Waals surface area contributed by atoms with Crippen molar-refractivity contribution >= 4 is 32.6 Å². The van der Waals surface area contributed by atoms with Crippen molar-refractivity contribution in [3.05, 3.63) is 23.8 Å². The molecule has 1 amide bonds. The third kappa shape index (κ3) is 2.55. The molecule has 90 valence electrons. The number of carbonyl (C=O) groups is 1. The number of nitrogens with one attached hydrogen (secondary N) is 1. The van der Waals surface area contributed by atoms with E-state index in [0.717, 1.165) is 23.5 Å². The van der Waals surface area contributed by atoms with E-state index >= 15 is 0 Å². The fourth-order valence-electron chi connectivity index (χ4n) is 1.30. The molecule has 0 bridgehead atoms. The SMILES string of the molecule is CC(=O)Nc1nc2ccc(C(F)(F)F)cc2s1. The molecular weight excluding hydrogens is 253 g/mol. The van der Waals surface area contributed by atoms with E-state index in [1.54, 1.807) is 0 Å². The maximum atomic E-state index is 12.4. The van der Waals surface area contributed by atoms with E-state index in [1.165, 1.54) is 13.0 Å². The Morgan fingerprint density at radius 3 is 2.71 bits per heavy atom. The van der Waals surface area contributed by atoms with E-state index in [-0.39, 0.29) is 5.91 Å². The molecule has 0 saturated heterocycles. The monoisotopic (exact) mass is 260 g/mol. The fraction of sp³-hybridized carbons (Fsp3) is 0.200. The molecule has 1 aromatic heterocycles. The van der Waals surface area contributed by atoms with Gasteiger partial charge in [-0.3, -0.25) is 4.79 Å². The normalized spacial score (nSPS) is 11.8. The topological polar surface area (TPSA) is 42.0 Å². The van der Waals surface area contributed by atoms with Crippen LogP contribution < -0.4 is 5.32 Å². The molecule has 0 radical (unpaired) electrons. The van der Waals surface area contributed by atoms with Crippen molar-refractivity contribution in [2.24, 2.45) is 0 Å². The van der Waals surface area contributed by atoms with Crippen LogP contribution in [0.1, 0.15) is 12.5 Å². The molecule has 0 atom stereocenters. The molecule has 0 spiro atoms. The van der Waals surface area contributed by atoms with Crippen LogP contribution in [0.2, 0.25) is 0 Å². The number of aromatic nitrogens is 1. The number of hydrogen-bond donors (Lipinski definition) is 1. The highest BCUT2D eigenvalue weighted by Gasteiger charge is 2.30. The standard InChI is InChI=1S/C10H7F3N2OS/c1-5(16)14-9-15-7-3-2-6(10(11,12)13)4-8(7)17-9/h2-4H,1H3,(H,14,15,16). The second-order valence-electron chi connectivity index (χ2n) is 3.38. The van der Waals surface area contributed by atoms with Crippen LogP contribution in [-0.4, -0.2) is 10.9 Å². The first-order valence-electron chi connectivity index (χ1n) is 4.61. The van der Waals surface area contributed by atoms with E-state index in [9.17, 15) is 18.0 Å².